The number of para-hydroxylation sites is 1. The van der Waals surface area contributed by atoms with Crippen molar-refractivity contribution in [3.63, 3.8) is 0 Å². The normalized spacial score (nSPS) is 11.4. The molecule has 3 heterocycles. The van der Waals surface area contributed by atoms with Gasteiger partial charge in [0.2, 0.25) is 0 Å². The maximum atomic E-state index is 15.0. The number of carboxylic acid groups (broad SMARTS) is 1. The maximum absolute atomic E-state index is 15.0. The van der Waals surface area contributed by atoms with Gasteiger partial charge in [-0.25, -0.2) is 23.1 Å². The van der Waals surface area contributed by atoms with Crippen LogP contribution in [0.3, 0.4) is 0 Å². The van der Waals surface area contributed by atoms with Gasteiger partial charge in [-0.2, -0.15) is 0 Å². The third-order valence-electron chi connectivity index (χ3n) is 5.83. The number of benzene rings is 2. The molecule has 180 valence electrons. The first-order chi connectivity index (χ1) is 17.2. The minimum absolute atomic E-state index is 0.0767. The van der Waals surface area contributed by atoms with Crippen LogP contribution in [0.25, 0.3) is 38.8 Å². The van der Waals surface area contributed by atoms with Crippen molar-refractivity contribution < 1.29 is 23.1 Å². The number of rotatable bonds is 4. The van der Waals surface area contributed by atoms with Crippen LogP contribution in [0.4, 0.5) is 13.2 Å². The van der Waals surface area contributed by atoms with Crippen molar-refractivity contribution in [1.29, 1.82) is 0 Å². The van der Waals surface area contributed by atoms with Crippen molar-refractivity contribution >= 4 is 39.5 Å². The Morgan fingerprint density at radius 2 is 1.78 bits per heavy atom. The minimum Gasteiger partial charge on any atom is -0.543 e. The number of aromatic nitrogens is 3. The van der Waals surface area contributed by atoms with Crippen LogP contribution >= 0.6 is 11.6 Å². The number of pyridine rings is 3. The molecule has 0 bridgehead atoms. The molecular weight excluding hydrogens is 495 g/mol. The average molecular weight is 509 g/mol. The summed E-state index contributed by atoms with van der Waals surface area (Å²) < 4.78 is 44.4. The number of aromatic carboxylic acids is 1. The first kappa shape index (κ1) is 23.5. The number of nitrogens with zero attached hydrogens (tertiary/aromatic N) is 3. The Bertz CT molecular complexity index is 1790. The standard InChI is InChI=1S/C26H15ClF3N3O3/c1-2-19-21(14-9-12-5-3-4-6-18(12)31-22(14)26(35)36)23(34)15-11-17(30)24(27)32-25(15)33(19)20-8-7-13(28)10-16(20)29/h3-11H,2H2,1H3,(H,35,36)/p-1. The van der Waals surface area contributed by atoms with Crippen molar-refractivity contribution in [3.05, 3.63) is 98.8 Å². The van der Waals surface area contributed by atoms with Gasteiger partial charge in [0.05, 0.1) is 33.8 Å². The van der Waals surface area contributed by atoms with E-state index in [1.54, 1.807) is 31.2 Å². The van der Waals surface area contributed by atoms with Crippen LogP contribution in [0.1, 0.15) is 23.1 Å². The van der Waals surface area contributed by atoms with E-state index in [2.05, 4.69) is 9.97 Å². The summed E-state index contributed by atoms with van der Waals surface area (Å²) in [6, 6.07) is 11.8. The molecule has 10 heteroatoms. The second kappa shape index (κ2) is 8.76. The lowest BCUT2D eigenvalue weighted by atomic mass is 9.96. The molecule has 0 atom stereocenters. The molecule has 2 aromatic carbocycles. The molecule has 5 rings (SSSR count). The molecule has 0 amide bonds. The van der Waals surface area contributed by atoms with E-state index in [1.807, 2.05) is 0 Å². The van der Waals surface area contributed by atoms with Crippen LogP contribution in [-0.4, -0.2) is 20.5 Å². The van der Waals surface area contributed by atoms with Crippen molar-refractivity contribution in [1.82, 2.24) is 14.5 Å². The van der Waals surface area contributed by atoms with Crippen molar-refractivity contribution in [2.24, 2.45) is 0 Å². The fraction of sp³-hybridized carbons (Fsp3) is 0.0769. The maximum Gasteiger partial charge on any atom is 0.199 e. The van der Waals surface area contributed by atoms with Gasteiger partial charge in [-0.3, -0.25) is 9.36 Å². The molecule has 6 nitrogen and oxygen atoms in total. The smallest absolute Gasteiger partial charge is 0.199 e. The van der Waals surface area contributed by atoms with Crippen LogP contribution in [0.15, 0.2) is 59.4 Å². The number of halogens is 4. The second-order valence-electron chi connectivity index (χ2n) is 7.93. The van der Waals surface area contributed by atoms with E-state index in [4.69, 9.17) is 11.6 Å². The van der Waals surface area contributed by atoms with Crippen LogP contribution in [0.2, 0.25) is 5.15 Å². The topological polar surface area (TPSA) is 87.9 Å². The van der Waals surface area contributed by atoms with Crippen LogP contribution in [-0.2, 0) is 6.42 Å². The summed E-state index contributed by atoms with van der Waals surface area (Å²) >= 11 is 5.90. The molecule has 0 unspecified atom stereocenters. The number of carboxylic acids is 1. The van der Waals surface area contributed by atoms with E-state index in [0.29, 0.717) is 17.0 Å². The number of carbonyl (C=O) groups excluding carboxylic acids is 1. The highest BCUT2D eigenvalue weighted by molar-refractivity contribution is 6.30. The molecule has 0 saturated carbocycles. The molecule has 3 aromatic heterocycles. The van der Waals surface area contributed by atoms with Gasteiger partial charge in [-0.15, -0.1) is 0 Å². The van der Waals surface area contributed by atoms with Gasteiger partial charge in [0.25, 0.3) is 0 Å². The predicted octanol–water partition coefficient (Wildman–Crippen LogP) is 4.60. The zero-order valence-corrected chi connectivity index (χ0v) is 19.2. The van der Waals surface area contributed by atoms with Gasteiger partial charge in [0.1, 0.15) is 11.6 Å². The molecule has 0 aliphatic heterocycles. The Labute approximate surface area is 206 Å². The van der Waals surface area contributed by atoms with Crippen LogP contribution < -0.4 is 10.5 Å². The van der Waals surface area contributed by atoms with Gasteiger partial charge in [0.15, 0.2) is 22.0 Å². The highest BCUT2D eigenvalue weighted by Crippen LogP contribution is 2.33. The average Bonchev–Trinajstić information content (AvgIpc) is 2.85. The summed E-state index contributed by atoms with van der Waals surface area (Å²) in [6.45, 7) is 1.65. The summed E-state index contributed by atoms with van der Waals surface area (Å²) in [5.41, 5.74) is -1.42. The van der Waals surface area contributed by atoms with E-state index in [9.17, 15) is 23.5 Å². The number of carbonyl (C=O) groups is 1. The summed E-state index contributed by atoms with van der Waals surface area (Å²) in [5.74, 6) is -4.47. The van der Waals surface area contributed by atoms with E-state index in [1.165, 1.54) is 10.6 Å². The first-order valence-electron chi connectivity index (χ1n) is 10.7. The van der Waals surface area contributed by atoms with Gasteiger partial charge in [-0.1, -0.05) is 36.7 Å². The molecule has 0 fully saturated rings. The fourth-order valence-corrected chi connectivity index (χ4v) is 4.43. The lowest BCUT2D eigenvalue weighted by Gasteiger charge is -2.21. The monoisotopic (exact) mass is 508 g/mol. The Hall–Kier alpha value is -4.24. The lowest BCUT2D eigenvalue weighted by molar-refractivity contribution is -0.255. The summed E-state index contributed by atoms with van der Waals surface area (Å²) in [7, 11) is 0. The Kier molecular flexibility index (Phi) is 5.72. The molecule has 0 radical (unpaired) electrons. The highest BCUT2D eigenvalue weighted by Gasteiger charge is 2.25. The molecule has 0 N–H and O–H groups in total. The highest BCUT2D eigenvalue weighted by atomic mass is 35.5. The van der Waals surface area contributed by atoms with Crippen LogP contribution in [0, 0.1) is 17.5 Å². The first-order valence-corrected chi connectivity index (χ1v) is 11.1. The summed E-state index contributed by atoms with van der Waals surface area (Å²) in [5, 5.41) is 11.8. The quantitative estimate of drug-likeness (QED) is 0.331. The van der Waals surface area contributed by atoms with Crippen LogP contribution in [0.5, 0.6) is 0 Å². The second-order valence-corrected chi connectivity index (χ2v) is 8.29. The van der Waals surface area contributed by atoms with E-state index in [-0.39, 0.29) is 40.0 Å². The van der Waals surface area contributed by atoms with E-state index in [0.717, 1.165) is 18.2 Å². The molecular formula is C26H14ClF3N3O3-. The zero-order chi connectivity index (χ0) is 25.7. The fourth-order valence-electron chi connectivity index (χ4n) is 4.30. The van der Waals surface area contributed by atoms with E-state index < -0.39 is 39.7 Å². The molecule has 0 saturated heterocycles. The minimum atomic E-state index is -1.64. The molecule has 0 aliphatic carbocycles. The summed E-state index contributed by atoms with van der Waals surface area (Å²) in [4.78, 5) is 34.0. The Morgan fingerprint density at radius 3 is 2.47 bits per heavy atom. The van der Waals surface area contributed by atoms with Gasteiger partial charge >= 0.3 is 0 Å². The Balaban J connectivity index is 2.03. The number of fused-ring (bicyclic) bond motifs is 2. The summed E-state index contributed by atoms with van der Waals surface area (Å²) in [6.07, 6.45) is 0.0767. The Morgan fingerprint density at radius 1 is 1.03 bits per heavy atom. The predicted molar refractivity (Wildman–Crippen MR) is 127 cm³/mol. The third-order valence-corrected chi connectivity index (χ3v) is 6.09. The van der Waals surface area contributed by atoms with Gasteiger partial charge in [-0.05, 0) is 36.8 Å². The molecule has 36 heavy (non-hydrogen) atoms. The molecule has 0 spiro atoms. The lowest BCUT2D eigenvalue weighted by Crippen LogP contribution is -2.26. The van der Waals surface area contributed by atoms with Gasteiger partial charge in [0, 0.05) is 22.7 Å². The number of hydrogen-bond acceptors (Lipinski definition) is 5. The largest absolute Gasteiger partial charge is 0.543 e. The van der Waals surface area contributed by atoms with Gasteiger partial charge < -0.3 is 9.90 Å². The zero-order valence-electron chi connectivity index (χ0n) is 18.5. The molecule has 0 aliphatic rings. The van der Waals surface area contributed by atoms with Crippen molar-refractivity contribution in [3.8, 4) is 16.8 Å². The third kappa shape index (κ3) is 3.68. The SMILES string of the molecule is CCc1c(-c2cc3ccccc3nc2C(=O)[O-])c(=O)c2cc(F)c(Cl)nc2n1-c1ccc(F)cc1F. The van der Waals surface area contributed by atoms with E-state index >= 15 is 4.39 Å². The number of hydrogen-bond donors (Lipinski definition) is 0. The molecule has 5 aromatic rings. The van der Waals surface area contributed by atoms with Crippen molar-refractivity contribution in [2.45, 2.75) is 13.3 Å². The van der Waals surface area contributed by atoms with Crippen molar-refractivity contribution in [2.75, 3.05) is 0 Å².